The molecule has 0 aliphatic heterocycles. The summed E-state index contributed by atoms with van der Waals surface area (Å²) in [6.07, 6.45) is 4.70. The summed E-state index contributed by atoms with van der Waals surface area (Å²) in [6, 6.07) is 1.96. The van der Waals surface area contributed by atoms with Gasteiger partial charge in [-0.15, -0.1) is 0 Å². The van der Waals surface area contributed by atoms with E-state index in [9.17, 15) is 0 Å². The first kappa shape index (κ1) is 15.7. The second-order valence-electron chi connectivity index (χ2n) is 4.55. The number of hydrogen-bond acceptors (Lipinski definition) is 5. The molecule has 0 bridgehead atoms. The fourth-order valence-corrected chi connectivity index (χ4v) is 1.72. The minimum atomic E-state index is 0.436. The Hall–Kier alpha value is -1.36. The maximum absolute atomic E-state index is 5.10. The van der Waals surface area contributed by atoms with Crippen LogP contribution < -0.4 is 10.6 Å². The third kappa shape index (κ3) is 6.38. The third-order valence-electron chi connectivity index (χ3n) is 2.69. The van der Waals surface area contributed by atoms with E-state index in [1.165, 1.54) is 12.8 Å². The molecule has 19 heavy (non-hydrogen) atoms. The molecular formula is C14H26N4O. The van der Waals surface area contributed by atoms with Crippen LogP contribution >= 0.6 is 0 Å². The van der Waals surface area contributed by atoms with E-state index < -0.39 is 0 Å². The number of methoxy groups -OCH3 is 1. The summed E-state index contributed by atoms with van der Waals surface area (Å²) >= 11 is 0. The highest BCUT2D eigenvalue weighted by Crippen LogP contribution is 2.12. The lowest BCUT2D eigenvalue weighted by Gasteiger charge is -2.10. The van der Waals surface area contributed by atoms with Crippen LogP contribution in [-0.2, 0) is 11.3 Å². The first-order valence-electron chi connectivity index (χ1n) is 7.14. The van der Waals surface area contributed by atoms with Gasteiger partial charge in [0.1, 0.15) is 18.2 Å². The van der Waals surface area contributed by atoms with E-state index in [0.717, 1.165) is 37.6 Å². The number of aromatic nitrogens is 2. The highest BCUT2D eigenvalue weighted by Gasteiger charge is 2.04. The maximum atomic E-state index is 5.10. The van der Waals surface area contributed by atoms with Crippen molar-refractivity contribution in [3.63, 3.8) is 0 Å². The second-order valence-corrected chi connectivity index (χ2v) is 4.55. The number of nitrogens with one attached hydrogen (secondary N) is 2. The molecule has 2 N–H and O–H groups in total. The van der Waals surface area contributed by atoms with Gasteiger partial charge in [-0.05, 0) is 12.8 Å². The van der Waals surface area contributed by atoms with E-state index in [1.807, 2.05) is 6.07 Å². The number of nitrogens with zero attached hydrogens (tertiary/aromatic N) is 2. The van der Waals surface area contributed by atoms with Crippen molar-refractivity contribution in [1.82, 2.24) is 9.97 Å². The smallest absolute Gasteiger partial charge is 0.158 e. The Morgan fingerprint density at radius 1 is 1.00 bits per heavy atom. The van der Waals surface area contributed by atoms with Crippen molar-refractivity contribution < 1.29 is 4.74 Å². The maximum Gasteiger partial charge on any atom is 0.158 e. The molecule has 1 aromatic rings. The molecule has 108 valence electrons. The van der Waals surface area contributed by atoms with Gasteiger partial charge >= 0.3 is 0 Å². The van der Waals surface area contributed by atoms with Gasteiger partial charge in [0.25, 0.3) is 0 Å². The number of anilines is 2. The molecule has 0 fully saturated rings. The zero-order valence-corrected chi connectivity index (χ0v) is 12.3. The standard InChI is InChI=1S/C14H26N4O/c1-4-6-7-9-16-13-10-12(15-8-5-2)17-14(18-13)11-19-3/h10H,4-9,11H2,1-3H3,(H2,15,16,17,18). The van der Waals surface area contributed by atoms with Gasteiger partial charge in [0, 0.05) is 26.3 Å². The van der Waals surface area contributed by atoms with E-state index in [-0.39, 0.29) is 0 Å². The lowest BCUT2D eigenvalue weighted by Crippen LogP contribution is -2.10. The molecule has 0 saturated carbocycles. The number of unbranched alkanes of at least 4 members (excludes halogenated alkanes) is 2. The molecule has 0 aromatic carbocycles. The van der Waals surface area contributed by atoms with Crippen molar-refractivity contribution in [2.75, 3.05) is 30.8 Å². The van der Waals surface area contributed by atoms with E-state index in [1.54, 1.807) is 7.11 Å². The molecule has 0 saturated heterocycles. The van der Waals surface area contributed by atoms with Gasteiger partial charge in [0.2, 0.25) is 0 Å². The lowest BCUT2D eigenvalue weighted by molar-refractivity contribution is 0.178. The van der Waals surface area contributed by atoms with Gasteiger partial charge in [-0.3, -0.25) is 0 Å². The highest BCUT2D eigenvalue weighted by atomic mass is 16.5. The Balaban J connectivity index is 2.63. The molecule has 5 heteroatoms. The average Bonchev–Trinajstić information content (AvgIpc) is 2.42. The van der Waals surface area contributed by atoms with Gasteiger partial charge in [0.15, 0.2) is 5.82 Å². The molecule has 1 aromatic heterocycles. The molecule has 0 atom stereocenters. The quantitative estimate of drug-likeness (QED) is 0.637. The van der Waals surface area contributed by atoms with Crippen molar-refractivity contribution in [3.05, 3.63) is 11.9 Å². The Bertz CT molecular complexity index is 357. The van der Waals surface area contributed by atoms with Crippen LogP contribution in [0.15, 0.2) is 6.07 Å². The predicted molar refractivity (Wildman–Crippen MR) is 79.5 cm³/mol. The summed E-state index contributed by atoms with van der Waals surface area (Å²) in [5.74, 6) is 2.44. The minimum absolute atomic E-state index is 0.436. The molecular weight excluding hydrogens is 240 g/mol. The average molecular weight is 266 g/mol. The summed E-state index contributed by atoms with van der Waals surface area (Å²) in [5.41, 5.74) is 0. The lowest BCUT2D eigenvalue weighted by atomic mass is 10.2. The highest BCUT2D eigenvalue weighted by molar-refractivity contribution is 5.47. The van der Waals surface area contributed by atoms with E-state index in [2.05, 4.69) is 34.4 Å². The SMILES string of the molecule is CCCCCNc1cc(NCCC)nc(COC)n1. The molecule has 1 rings (SSSR count). The van der Waals surface area contributed by atoms with Crippen LogP contribution in [0.1, 0.15) is 45.4 Å². The Morgan fingerprint density at radius 3 is 2.26 bits per heavy atom. The molecule has 0 aliphatic carbocycles. The van der Waals surface area contributed by atoms with Gasteiger partial charge < -0.3 is 15.4 Å². The first-order chi connectivity index (χ1) is 9.30. The summed E-state index contributed by atoms with van der Waals surface area (Å²) in [4.78, 5) is 8.86. The van der Waals surface area contributed by atoms with Crippen LogP contribution in [0.25, 0.3) is 0 Å². The largest absolute Gasteiger partial charge is 0.377 e. The van der Waals surface area contributed by atoms with Gasteiger partial charge in [0.05, 0.1) is 0 Å². The monoisotopic (exact) mass is 266 g/mol. The van der Waals surface area contributed by atoms with E-state index in [4.69, 9.17) is 4.74 Å². The van der Waals surface area contributed by atoms with Crippen molar-refractivity contribution >= 4 is 11.6 Å². The molecule has 0 unspecified atom stereocenters. The zero-order valence-electron chi connectivity index (χ0n) is 12.3. The Morgan fingerprint density at radius 2 is 1.68 bits per heavy atom. The van der Waals surface area contributed by atoms with Crippen LogP contribution in [0, 0.1) is 0 Å². The zero-order chi connectivity index (χ0) is 13.9. The molecule has 0 radical (unpaired) electrons. The third-order valence-corrected chi connectivity index (χ3v) is 2.69. The minimum Gasteiger partial charge on any atom is -0.377 e. The number of hydrogen-bond donors (Lipinski definition) is 2. The van der Waals surface area contributed by atoms with Gasteiger partial charge in [-0.1, -0.05) is 26.7 Å². The number of ether oxygens (including phenoxy) is 1. The summed E-state index contributed by atoms with van der Waals surface area (Å²) in [5, 5.41) is 6.64. The van der Waals surface area contributed by atoms with Crippen LogP contribution in [0.2, 0.25) is 0 Å². The normalized spacial score (nSPS) is 10.5. The van der Waals surface area contributed by atoms with E-state index in [0.29, 0.717) is 12.4 Å². The van der Waals surface area contributed by atoms with E-state index >= 15 is 0 Å². The molecule has 0 spiro atoms. The van der Waals surface area contributed by atoms with Crippen molar-refractivity contribution in [2.24, 2.45) is 0 Å². The second kappa shape index (κ2) is 9.55. The molecule has 5 nitrogen and oxygen atoms in total. The Kier molecular flexibility index (Phi) is 7.89. The summed E-state index contributed by atoms with van der Waals surface area (Å²) in [6.45, 7) is 6.64. The van der Waals surface area contributed by atoms with Crippen LogP contribution in [0.5, 0.6) is 0 Å². The molecule has 0 amide bonds. The fourth-order valence-electron chi connectivity index (χ4n) is 1.72. The van der Waals surface area contributed by atoms with Gasteiger partial charge in [-0.2, -0.15) is 0 Å². The van der Waals surface area contributed by atoms with Gasteiger partial charge in [-0.25, -0.2) is 9.97 Å². The molecule has 0 aliphatic rings. The van der Waals surface area contributed by atoms with Crippen LogP contribution in [0.3, 0.4) is 0 Å². The first-order valence-corrected chi connectivity index (χ1v) is 7.14. The van der Waals surface area contributed by atoms with Crippen LogP contribution in [0.4, 0.5) is 11.6 Å². The van der Waals surface area contributed by atoms with Crippen LogP contribution in [-0.4, -0.2) is 30.2 Å². The summed E-state index contributed by atoms with van der Waals surface area (Å²) in [7, 11) is 1.66. The van der Waals surface area contributed by atoms with Crippen molar-refractivity contribution in [3.8, 4) is 0 Å². The fraction of sp³-hybridized carbons (Fsp3) is 0.714. The van der Waals surface area contributed by atoms with Crippen molar-refractivity contribution in [2.45, 2.75) is 46.1 Å². The number of rotatable bonds is 10. The summed E-state index contributed by atoms with van der Waals surface area (Å²) < 4.78 is 5.10. The predicted octanol–water partition coefficient (Wildman–Crippen LogP) is 3.05. The Labute approximate surface area is 116 Å². The topological polar surface area (TPSA) is 59.1 Å². The van der Waals surface area contributed by atoms with Crippen molar-refractivity contribution in [1.29, 1.82) is 0 Å². The molecule has 1 heterocycles.